The predicted molar refractivity (Wildman–Crippen MR) is 95.2 cm³/mol. The third kappa shape index (κ3) is 5.19. The molecular formula is C18H24ClN3O. The number of pyridine rings is 1. The Balaban J connectivity index is 0.00000192. The van der Waals surface area contributed by atoms with Crippen LogP contribution in [0.25, 0.3) is 10.9 Å². The summed E-state index contributed by atoms with van der Waals surface area (Å²) in [5.74, 6) is 0.655. The second-order valence-corrected chi connectivity index (χ2v) is 6.11. The van der Waals surface area contributed by atoms with Gasteiger partial charge in [0, 0.05) is 11.8 Å². The summed E-state index contributed by atoms with van der Waals surface area (Å²) >= 11 is 0. The molecule has 0 radical (unpaired) electrons. The van der Waals surface area contributed by atoms with Gasteiger partial charge in [0.2, 0.25) is 5.91 Å². The molecule has 23 heavy (non-hydrogen) atoms. The van der Waals surface area contributed by atoms with Gasteiger partial charge in [-0.2, -0.15) is 0 Å². The van der Waals surface area contributed by atoms with Crippen LogP contribution in [0, 0.1) is 5.92 Å². The zero-order valence-corrected chi connectivity index (χ0v) is 14.1. The van der Waals surface area contributed by atoms with Crippen LogP contribution in [0.4, 0.5) is 0 Å². The van der Waals surface area contributed by atoms with Gasteiger partial charge in [0.15, 0.2) is 0 Å². The number of carbonyl (C=O) groups is 1. The molecule has 0 spiro atoms. The first-order valence-electron chi connectivity index (χ1n) is 8.17. The third-order valence-corrected chi connectivity index (χ3v) is 4.35. The number of hydrogen-bond donors (Lipinski definition) is 2. The van der Waals surface area contributed by atoms with Crippen molar-refractivity contribution in [3.8, 4) is 0 Å². The minimum atomic E-state index is 0. The first-order valence-corrected chi connectivity index (χ1v) is 8.17. The number of rotatable bonds is 5. The van der Waals surface area contributed by atoms with Gasteiger partial charge in [-0.15, -0.1) is 12.4 Å². The maximum absolute atomic E-state index is 11.9. The quantitative estimate of drug-likeness (QED) is 0.819. The van der Waals surface area contributed by atoms with E-state index in [-0.39, 0.29) is 18.3 Å². The van der Waals surface area contributed by atoms with Crippen molar-refractivity contribution in [2.45, 2.75) is 45.1 Å². The number of hydrogen-bond acceptors (Lipinski definition) is 3. The van der Waals surface area contributed by atoms with Crippen molar-refractivity contribution in [2.75, 3.05) is 0 Å². The number of aromatic nitrogens is 1. The lowest BCUT2D eigenvalue weighted by molar-refractivity contribution is -0.123. The Kier molecular flexibility index (Phi) is 6.81. The summed E-state index contributed by atoms with van der Waals surface area (Å²) < 4.78 is 0. The minimum Gasteiger partial charge on any atom is -0.291 e. The van der Waals surface area contributed by atoms with E-state index in [1.54, 1.807) is 0 Å². The molecule has 5 heteroatoms. The van der Waals surface area contributed by atoms with Gasteiger partial charge < -0.3 is 0 Å². The van der Waals surface area contributed by atoms with Gasteiger partial charge in [-0.25, -0.2) is 5.43 Å². The molecule has 0 saturated heterocycles. The van der Waals surface area contributed by atoms with Crippen LogP contribution < -0.4 is 10.9 Å². The molecule has 1 saturated carbocycles. The standard InChI is InChI=1S/C18H23N3O.ClH/c22-18(12-14-6-2-1-3-7-14)21-19-13-16-11-10-15-8-4-5-9-17(15)20-16;/h4-5,8-11,14,19H,1-3,6-7,12-13H2,(H,21,22);1H. The first-order chi connectivity index (χ1) is 10.8. The third-order valence-electron chi connectivity index (χ3n) is 4.35. The molecular weight excluding hydrogens is 310 g/mol. The van der Waals surface area contributed by atoms with Gasteiger partial charge in [-0.05, 0) is 30.9 Å². The molecule has 124 valence electrons. The molecule has 1 aliphatic rings. The molecule has 3 rings (SSSR count). The maximum Gasteiger partial charge on any atom is 0.234 e. The van der Waals surface area contributed by atoms with E-state index in [9.17, 15) is 4.79 Å². The predicted octanol–water partition coefficient (Wildman–Crippen LogP) is 3.75. The lowest BCUT2D eigenvalue weighted by Gasteiger charge is -2.20. The summed E-state index contributed by atoms with van der Waals surface area (Å²) in [5.41, 5.74) is 7.70. The van der Waals surface area contributed by atoms with Crippen molar-refractivity contribution in [2.24, 2.45) is 5.92 Å². The van der Waals surface area contributed by atoms with Crippen LogP contribution in [0.2, 0.25) is 0 Å². The van der Waals surface area contributed by atoms with Crippen molar-refractivity contribution in [1.82, 2.24) is 15.8 Å². The summed E-state index contributed by atoms with van der Waals surface area (Å²) in [6.45, 7) is 0.543. The second-order valence-electron chi connectivity index (χ2n) is 6.11. The summed E-state index contributed by atoms with van der Waals surface area (Å²) in [7, 11) is 0. The largest absolute Gasteiger partial charge is 0.291 e. The summed E-state index contributed by atoms with van der Waals surface area (Å²) in [6.07, 6.45) is 6.89. The average molecular weight is 334 g/mol. The van der Waals surface area contributed by atoms with Crippen LogP contribution in [0.3, 0.4) is 0 Å². The van der Waals surface area contributed by atoms with Crippen LogP contribution in [0.15, 0.2) is 36.4 Å². The highest BCUT2D eigenvalue weighted by atomic mass is 35.5. The van der Waals surface area contributed by atoms with Crippen LogP contribution in [-0.2, 0) is 11.3 Å². The molecule has 2 aromatic rings. The number of fused-ring (bicyclic) bond motifs is 1. The molecule has 1 aromatic carbocycles. The molecule has 0 atom stereocenters. The van der Waals surface area contributed by atoms with Crippen LogP contribution in [-0.4, -0.2) is 10.9 Å². The van der Waals surface area contributed by atoms with Crippen molar-refractivity contribution < 1.29 is 4.79 Å². The zero-order chi connectivity index (χ0) is 15.2. The summed E-state index contributed by atoms with van der Waals surface area (Å²) in [5, 5.41) is 1.13. The SMILES string of the molecule is Cl.O=C(CC1CCCCC1)NNCc1ccc2ccccc2n1. The van der Waals surface area contributed by atoms with Gasteiger partial charge in [-0.1, -0.05) is 43.5 Å². The fourth-order valence-corrected chi connectivity index (χ4v) is 3.14. The Morgan fingerprint density at radius 2 is 1.87 bits per heavy atom. The molecule has 1 heterocycles. The monoisotopic (exact) mass is 333 g/mol. The van der Waals surface area contributed by atoms with Gasteiger partial charge in [-0.3, -0.25) is 15.2 Å². The molecule has 1 aromatic heterocycles. The van der Waals surface area contributed by atoms with E-state index >= 15 is 0 Å². The smallest absolute Gasteiger partial charge is 0.234 e. The van der Waals surface area contributed by atoms with Gasteiger partial charge in [0.1, 0.15) is 0 Å². The van der Waals surface area contributed by atoms with Gasteiger partial charge in [0.25, 0.3) is 0 Å². The van der Waals surface area contributed by atoms with E-state index in [0.717, 1.165) is 16.6 Å². The zero-order valence-electron chi connectivity index (χ0n) is 13.3. The number of amides is 1. The number of nitrogens with zero attached hydrogens (tertiary/aromatic N) is 1. The Hall–Kier alpha value is -1.65. The van der Waals surface area contributed by atoms with Crippen LogP contribution >= 0.6 is 12.4 Å². The summed E-state index contributed by atoms with van der Waals surface area (Å²) in [6, 6.07) is 12.1. The van der Waals surface area contributed by atoms with E-state index in [4.69, 9.17) is 0 Å². The number of para-hydroxylation sites is 1. The highest BCUT2D eigenvalue weighted by molar-refractivity contribution is 5.85. The molecule has 0 aliphatic heterocycles. The van der Waals surface area contributed by atoms with E-state index in [2.05, 4.69) is 21.9 Å². The molecule has 1 aliphatic carbocycles. The first kappa shape index (κ1) is 17.7. The fourth-order valence-electron chi connectivity index (χ4n) is 3.14. The number of benzene rings is 1. The van der Waals surface area contributed by atoms with E-state index < -0.39 is 0 Å². The highest BCUT2D eigenvalue weighted by Crippen LogP contribution is 2.25. The molecule has 1 fully saturated rings. The topological polar surface area (TPSA) is 54.0 Å². The van der Waals surface area contributed by atoms with E-state index in [1.165, 1.54) is 32.1 Å². The van der Waals surface area contributed by atoms with E-state index in [0.29, 0.717) is 18.9 Å². The highest BCUT2D eigenvalue weighted by Gasteiger charge is 2.16. The maximum atomic E-state index is 11.9. The molecule has 0 unspecified atom stereocenters. The molecule has 0 bridgehead atoms. The van der Waals surface area contributed by atoms with Gasteiger partial charge >= 0.3 is 0 Å². The lowest BCUT2D eigenvalue weighted by Crippen LogP contribution is -2.38. The Bertz CT molecular complexity index is 641. The van der Waals surface area contributed by atoms with Crippen LogP contribution in [0.1, 0.15) is 44.2 Å². The van der Waals surface area contributed by atoms with Crippen molar-refractivity contribution in [1.29, 1.82) is 0 Å². The number of nitrogens with one attached hydrogen (secondary N) is 2. The Labute approximate surface area is 143 Å². The van der Waals surface area contributed by atoms with E-state index in [1.807, 2.05) is 30.3 Å². The van der Waals surface area contributed by atoms with Gasteiger partial charge in [0.05, 0.1) is 17.8 Å². The fraction of sp³-hybridized carbons (Fsp3) is 0.444. The molecule has 4 nitrogen and oxygen atoms in total. The molecule has 1 amide bonds. The van der Waals surface area contributed by atoms with Crippen molar-refractivity contribution in [3.05, 3.63) is 42.1 Å². The normalized spacial score (nSPS) is 15.1. The lowest BCUT2D eigenvalue weighted by atomic mass is 9.87. The summed E-state index contributed by atoms with van der Waals surface area (Å²) in [4.78, 5) is 16.5. The molecule has 2 N–H and O–H groups in total. The Morgan fingerprint density at radius 3 is 2.70 bits per heavy atom. The minimum absolute atomic E-state index is 0. The number of halogens is 1. The van der Waals surface area contributed by atoms with Crippen LogP contribution in [0.5, 0.6) is 0 Å². The number of carbonyl (C=O) groups excluding carboxylic acids is 1. The van der Waals surface area contributed by atoms with Crippen molar-refractivity contribution in [3.63, 3.8) is 0 Å². The average Bonchev–Trinajstić information content (AvgIpc) is 2.55. The van der Waals surface area contributed by atoms with Crippen molar-refractivity contribution >= 4 is 29.2 Å². The number of hydrazine groups is 1. The Morgan fingerprint density at radius 1 is 1.09 bits per heavy atom. The second kappa shape index (κ2) is 8.85.